The lowest BCUT2D eigenvalue weighted by Gasteiger charge is -1.92. The molecule has 1 aromatic rings. The molecule has 60 valence electrons. The van der Waals surface area contributed by atoms with E-state index in [2.05, 4.69) is 15.4 Å². The standard InChI is InChI=1S/C6H7N3O.ClH/c1-5(9-10)6-2-3-7-8-4-6;/h2-4,10H,1H3;1H. The van der Waals surface area contributed by atoms with E-state index >= 15 is 0 Å². The van der Waals surface area contributed by atoms with Gasteiger partial charge in [0.25, 0.3) is 0 Å². The molecule has 0 aliphatic heterocycles. The summed E-state index contributed by atoms with van der Waals surface area (Å²) in [6.07, 6.45) is 3.08. The number of hydrogen-bond acceptors (Lipinski definition) is 4. The van der Waals surface area contributed by atoms with Crippen molar-refractivity contribution < 1.29 is 5.21 Å². The zero-order chi connectivity index (χ0) is 7.40. The van der Waals surface area contributed by atoms with E-state index in [4.69, 9.17) is 5.21 Å². The summed E-state index contributed by atoms with van der Waals surface area (Å²) in [5.41, 5.74) is 1.31. The minimum absolute atomic E-state index is 0. The predicted molar refractivity (Wildman–Crippen MR) is 43.3 cm³/mol. The van der Waals surface area contributed by atoms with Crippen LogP contribution in [-0.2, 0) is 0 Å². The molecule has 1 aromatic heterocycles. The van der Waals surface area contributed by atoms with Crippen molar-refractivity contribution in [3.63, 3.8) is 0 Å². The van der Waals surface area contributed by atoms with E-state index < -0.39 is 0 Å². The molecule has 1 heterocycles. The molecule has 1 rings (SSSR count). The zero-order valence-corrected chi connectivity index (χ0v) is 6.75. The highest BCUT2D eigenvalue weighted by Crippen LogP contribution is 1.94. The first kappa shape index (κ1) is 9.84. The van der Waals surface area contributed by atoms with Gasteiger partial charge in [0.05, 0.1) is 18.1 Å². The third-order valence-electron chi connectivity index (χ3n) is 1.15. The molecule has 0 atom stereocenters. The van der Waals surface area contributed by atoms with Crippen molar-refractivity contribution in [2.45, 2.75) is 6.92 Å². The van der Waals surface area contributed by atoms with Crippen LogP contribution >= 0.6 is 12.4 Å². The van der Waals surface area contributed by atoms with Gasteiger partial charge in [-0.25, -0.2) is 0 Å². The molecule has 0 fully saturated rings. The van der Waals surface area contributed by atoms with Gasteiger partial charge in [-0.1, -0.05) is 5.16 Å². The average Bonchev–Trinajstić information content (AvgIpc) is 2.05. The van der Waals surface area contributed by atoms with Crippen molar-refractivity contribution in [3.05, 3.63) is 24.0 Å². The van der Waals surface area contributed by atoms with Gasteiger partial charge in [-0.3, -0.25) is 0 Å². The van der Waals surface area contributed by atoms with E-state index in [0.29, 0.717) is 5.71 Å². The van der Waals surface area contributed by atoms with Crippen LogP contribution in [0.1, 0.15) is 12.5 Å². The van der Waals surface area contributed by atoms with Gasteiger partial charge in [0, 0.05) is 5.56 Å². The third kappa shape index (κ3) is 2.51. The molecule has 0 aliphatic carbocycles. The molecule has 0 unspecified atom stereocenters. The fourth-order valence-corrected chi connectivity index (χ4v) is 0.562. The lowest BCUT2D eigenvalue weighted by molar-refractivity contribution is 0.319. The van der Waals surface area contributed by atoms with Crippen LogP contribution in [0.5, 0.6) is 0 Å². The summed E-state index contributed by atoms with van der Waals surface area (Å²) in [4.78, 5) is 0. The fraction of sp³-hybridized carbons (Fsp3) is 0.167. The number of nitrogens with zero attached hydrogens (tertiary/aromatic N) is 3. The second-order valence-electron chi connectivity index (χ2n) is 1.82. The summed E-state index contributed by atoms with van der Waals surface area (Å²) < 4.78 is 0. The van der Waals surface area contributed by atoms with E-state index in [9.17, 15) is 0 Å². The molecule has 11 heavy (non-hydrogen) atoms. The molecule has 0 amide bonds. The minimum Gasteiger partial charge on any atom is -0.411 e. The van der Waals surface area contributed by atoms with Crippen molar-refractivity contribution in [3.8, 4) is 0 Å². The van der Waals surface area contributed by atoms with Gasteiger partial charge in [0.15, 0.2) is 0 Å². The van der Waals surface area contributed by atoms with Gasteiger partial charge in [0.1, 0.15) is 0 Å². The van der Waals surface area contributed by atoms with E-state index in [1.165, 1.54) is 6.20 Å². The summed E-state index contributed by atoms with van der Waals surface area (Å²) in [6, 6.07) is 1.72. The molecule has 0 radical (unpaired) electrons. The van der Waals surface area contributed by atoms with Gasteiger partial charge >= 0.3 is 0 Å². The van der Waals surface area contributed by atoms with Crippen molar-refractivity contribution >= 4 is 18.1 Å². The maximum Gasteiger partial charge on any atom is 0.0853 e. The number of oxime groups is 1. The molecule has 4 nitrogen and oxygen atoms in total. The van der Waals surface area contributed by atoms with Crippen LogP contribution in [0.3, 0.4) is 0 Å². The molecule has 1 N–H and O–H groups in total. The second kappa shape index (κ2) is 4.62. The number of aromatic nitrogens is 2. The first-order chi connectivity index (χ1) is 4.84. The van der Waals surface area contributed by atoms with Crippen LogP contribution in [0.15, 0.2) is 23.6 Å². The largest absolute Gasteiger partial charge is 0.411 e. The Bertz CT molecular complexity index is 237. The second-order valence-corrected chi connectivity index (χ2v) is 1.82. The highest BCUT2D eigenvalue weighted by atomic mass is 35.5. The first-order valence-corrected chi connectivity index (χ1v) is 2.80. The molecular weight excluding hydrogens is 166 g/mol. The number of rotatable bonds is 1. The molecule has 0 saturated heterocycles. The molecule has 0 spiro atoms. The third-order valence-corrected chi connectivity index (χ3v) is 1.15. The monoisotopic (exact) mass is 173 g/mol. The molecule has 0 saturated carbocycles. The Morgan fingerprint density at radius 1 is 1.55 bits per heavy atom. The van der Waals surface area contributed by atoms with Crippen molar-refractivity contribution in [2.24, 2.45) is 5.16 Å². The van der Waals surface area contributed by atoms with Gasteiger partial charge < -0.3 is 5.21 Å². The van der Waals surface area contributed by atoms with Gasteiger partial charge in [0.2, 0.25) is 0 Å². The van der Waals surface area contributed by atoms with Crippen LogP contribution in [0.2, 0.25) is 0 Å². The Labute approximate surface area is 70.4 Å². The summed E-state index contributed by atoms with van der Waals surface area (Å²) in [7, 11) is 0. The predicted octanol–water partition coefficient (Wildman–Crippen LogP) is 1.10. The summed E-state index contributed by atoms with van der Waals surface area (Å²) in [6.45, 7) is 1.69. The highest BCUT2D eigenvalue weighted by molar-refractivity contribution is 5.97. The maximum atomic E-state index is 8.33. The van der Waals surface area contributed by atoms with Gasteiger partial charge in [-0.05, 0) is 13.0 Å². The van der Waals surface area contributed by atoms with Crippen LogP contribution in [0.4, 0.5) is 0 Å². The Morgan fingerprint density at radius 3 is 2.73 bits per heavy atom. The van der Waals surface area contributed by atoms with Crippen LogP contribution in [-0.4, -0.2) is 21.1 Å². The Kier molecular flexibility index (Phi) is 4.14. The van der Waals surface area contributed by atoms with E-state index in [1.54, 1.807) is 19.2 Å². The van der Waals surface area contributed by atoms with Crippen molar-refractivity contribution in [2.75, 3.05) is 0 Å². The normalized spacial score (nSPS) is 10.5. The summed E-state index contributed by atoms with van der Waals surface area (Å²) in [5, 5.41) is 18.5. The maximum absolute atomic E-state index is 8.33. The number of hydrogen-bond donors (Lipinski definition) is 1. The van der Waals surface area contributed by atoms with Crippen molar-refractivity contribution in [1.82, 2.24) is 10.2 Å². The minimum atomic E-state index is 0. The smallest absolute Gasteiger partial charge is 0.0853 e. The Morgan fingerprint density at radius 2 is 2.27 bits per heavy atom. The average molecular weight is 174 g/mol. The van der Waals surface area contributed by atoms with Gasteiger partial charge in [-0.15, -0.1) is 12.4 Å². The molecule has 0 aromatic carbocycles. The van der Waals surface area contributed by atoms with Crippen LogP contribution in [0, 0.1) is 0 Å². The zero-order valence-electron chi connectivity index (χ0n) is 5.93. The molecule has 5 heteroatoms. The molecule has 0 aliphatic rings. The van der Waals surface area contributed by atoms with Gasteiger partial charge in [-0.2, -0.15) is 10.2 Å². The lowest BCUT2D eigenvalue weighted by Crippen LogP contribution is -1.95. The topological polar surface area (TPSA) is 58.4 Å². The fourth-order valence-electron chi connectivity index (χ4n) is 0.562. The first-order valence-electron chi connectivity index (χ1n) is 2.80. The quantitative estimate of drug-likeness (QED) is 0.393. The molecule has 0 bridgehead atoms. The SMILES string of the molecule is CC(=NO)c1ccnnc1.Cl. The van der Waals surface area contributed by atoms with E-state index in [-0.39, 0.29) is 12.4 Å². The van der Waals surface area contributed by atoms with Crippen LogP contribution < -0.4 is 0 Å². The van der Waals surface area contributed by atoms with Crippen LogP contribution in [0.25, 0.3) is 0 Å². The Hall–Kier alpha value is -1.16. The number of halogens is 1. The van der Waals surface area contributed by atoms with E-state index in [0.717, 1.165) is 5.56 Å². The van der Waals surface area contributed by atoms with Crippen molar-refractivity contribution in [1.29, 1.82) is 0 Å². The summed E-state index contributed by atoms with van der Waals surface area (Å²) in [5.74, 6) is 0. The van der Waals surface area contributed by atoms with E-state index in [1.807, 2.05) is 0 Å². The molecular formula is C6H8ClN3O. The summed E-state index contributed by atoms with van der Waals surface area (Å²) >= 11 is 0. The lowest BCUT2D eigenvalue weighted by atomic mass is 10.2. The Balaban J connectivity index is 0.000001000. The highest BCUT2D eigenvalue weighted by Gasteiger charge is 1.94.